The lowest BCUT2D eigenvalue weighted by atomic mass is 9.95. The summed E-state index contributed by atoms with van der Waals surface area (Å²) >= 11 is 0. The Balaban J connectivity index is 1.68. The van der Waals surface area contributed by atoms with Gasteiger partial charge in [-0.25, -0.2) is 4.39 Å². The van der Waals surface area contributed by atoms with Gasteiger partial charge in [0.25, 0.3) is 0 Å². The maximum Gasteiger partial charge on any atom is 0.223 e. The van der Waals surface area contributed by atoms with E-state index in [0.29, 0.717) is 26.3 Å². The SMILES string of the molecule is NC[C@H]1CCC[C@H]1C(=O)NCC(c1cccc(F)c1)N1CCOCC1. The maximum atomic E-state index is 13.7. The van der Waals surface area contributed by atoms with Gasteiger partial charge in [-0.1, -0.05) is 18.6 Å². The van der Waals surface area contributed by atoms with Crippen LogP contribution in [0.25, 0.3) is 0 Å². The van der Waals surface area contributed by atoms with Crippen LogP contribution < -0.4 is 11.1 Å². The number of nitrogens with one attached hydrogen (secondary N) is 1. The van der Waals surface area contributed by atoms with Gasteiger partial charge in [-0.3, -0.25) is 9.69 Å². The number of hydrogen-bond acceptors (Lipinski definition) is 4. The molecule has 1 saturated carbocycles. The summed E-state index contributed by atoms with van der Waals surface area (Å²) < 4.78 is 19.1. The molecule has 0 aromatic heterocycles. The van der Waals surface area contributed by atoms with Crippen molar-refractivity contribution >= 4 is 5.91 Å². The Morgan fingerprint density at radius 1 is 1.36 bits per heavy atom. The zero-order chi connectivity index (χ0) is 17.6. The molecule has 1 aromatic rings. The lowest BCUT2D eigenvalue weighted by molar-refractivity contribution is -0.126. The second-order valence-corrected chi connectivity index (χ2v) is 7.00. The van der Waals surface area contributed by atoms with Gasteiger partial charge in [0.1, 0.15) is 5.82 Å². The third-order valence-electron chi connectivity index (χ3n) is 5.49. The topological polar surface area (TPSA) is 67.6 Å². The Morgan fingerprint density at radius 3 is 2.88 bits per heavy atom. The maximum absolute atomic E-state index is 13.7. The molecule has 0 bridgehead atoms. The first-order valence-electron chi connectivity index (χ1n) is 9.24. The average molecular weight is 349 g/mol. The summed E-state index contributed by atoms with van der Waals surface area (Å²) in [7, 11) is 0. The summed E-state index contributed by atoms with van der Waals surface area (Å²) in [5.41, 5.74) is 6.69. The number of carbonyl (C=O) groups excluding carboxylic acids is 1. The number of hydrogen-bond donors (Lipinski definition) is 2. The fourth-order valence-corrected chi connectivity index (χ4v) is 4.05. The second kappa shape index (κ2) is 8.74. The van der Waals surface area contributed by atoms with Gasteiger partial charge in [-0.15, -0.1) is 0 Å². The van der Waals surface area contributed by atoms with Crippen molar-refractivity contribution in [2.24, 2.45) is 17.6 Å². The molecule has 1 aliphatic heterocycles. The first-order chi connectivity index (χ1) is 12.2. The summed E-state index contributed by atoms with van der Waals surface area (Å²) in [6.07, 6.45) is 3.01. The number of morpholine rings is 1. The molecule has 1 heterocycles. The zero-order valence-electron chi connectivity index (χ0n) is 14.6. The molecule has 6 heteroatoms. The van der Waals surface area contributed by atoms with Crippen LogP contribution in [0.3, 0.4) is 0 Å². The van der Waals surface area contributed by atoms with Crippen LogP contribution in [0.2, 0.25) is 0 Å². The number of amides is 1. The highest BCUT2D eigenvalue weighted by Crippen LogP contribution is 2.31. The number of rotatable bonds is 6. The number of carbonyl (C=O) groups is 1. The van der Waals surface area contributed by atoms with Gasteiger partial charge in [0, 0.05) is 25.6 Å². The van der Waals surface area contributed by atoms with E-state index in [9.17, 15) is 9.18 Å². The number of nitrogens with zero attached hydrogens (tertiary/aromatic N) is 1. The molecule has 5 nitrogen and oxygen atoms in total. The lowest BCUT2D eigenvalue weighted by Crippen LogP contribution is -2.45. The monoisotopic (exact) mass is 349 g/mol. The molecule has 1 saturated heterocycles. The van der Waals surface area contributed by atoms with Crippen molar-refractivity contribution in [3.05, 3.63) is 35.6 Å². The largest absolute Gasteiger partial charge is 0.379 e. The number of nitrogens with two attached hydrogens (primary N) is 1. The van der Waals surface area contributed by atoms with Crippen molar-refractivity contribution in [3.63, 3.8) is 0 Å². The van der Waals surface area contributed by atoms with Crippen LogP contribution in [-0.2, 0) is 9.53 Å². The van der Waals surface area contributed by atoms with Gasteiger partial charge in [-0.05, 0) is 43.0 Å². The average Bonchev–Trinajstić information content (AvgIpc) is 3.11. The summed E-state index contributed by atoms with van der Waals surface area (Å²) in [4.78, 5) is 14.9. The van der Waals surface area contributed by atoms with Crippen molar-refractivity contribution in [2.45, 2.75) is 25.3 Å². The van der Waals surface area contributed by atoms with E-state index in [1.807, 2.05) is 6.07 Å². The van der Waals surface area contributed by atoms with Crippen molar-refractivity contribution in [3.8, 4) is 0 Å². The van der Waals surface area contributed by atoms with Crippen LogP contribution >= 0.6 is 0 Å². The molecule has 1 aromatic carbocycles. The molecule has 1 unspecified atom stereocenters. The molecule has 3 atom stereocenters. The van der Waals surface area contributed by atoms with Crippen LogP contribution in [0.4, 0.5) is 4.39 Å². The van der Waals surface area contributed by atoms with E-state index in [0.717, 1.165) is 37.9 Å². The van der Waals surface area contributed by atoms with Crippen LogP contribution in [0.5, 0.6) is 0 Å². The standard InChI is InChI=1S/C19H28FN3O2/c20-16-5-1-3-14(11-16)18(23-7-9-25-10-8-23)13-22-19(24)17-6-2-4-15(17)12-21/h1,3,5,11,15,17-18H,2,4,6-10,12-13,21H2,(H,22,24)/t15-,17-,18?/m1/s1. The molecule has 138 valence electrons. The molecule has 1 amide bonds. The second-order valence-electron chi connectivity index (χ2n) is 7.00. The predicted octanol–water partition coefficient (Wildman–Crippen LogP) is 1.69. The van der Waals surface area contributed by atoms with Gasteiger partial charge < -0.3 is 15.8 Å². The van der Waals surface area contributed by atoms with Gasteiger partial charge in [0.15, 0.2) is 0 Å². The first-order valence-corrected chi connectivity index (χ1v) is 9.24. The highest BCUT2D eigenvalue weighted by atomic mass is 19.1. The Morgan fingerprint density at radius 2 is 2.16 bits per heavy atom. The molecule has 3 rings (SSSR count). The summed E-state index contributed by atoms with van der Waals surface area (Å²) in [5.74, 6) is 0.141. The van der Waals surface area contributed by atoms with Gasteiger partial charge >= 0.3 is 0 Å². The lowest BCUT2D eigenvalue weighted by Gasteiger charge is -2.35. The fourth-order valence-electron chi connectivity index (χ4n) is 4.05. The molecule has 3 N–H and O–H groups in total. The number of benzene rings is 1. The Hall–Kier alpha value is -1.50. The van der Waals surface area contributed by atoms with E-state index in [4.69, 9.17) is 10.5 Å². The normalized spacial score (nSPS) is 25.7. The minimum Gasteiger partial charge on any atom is -0.379 e. The Kier molecular flexibility index (Phi) is 6.39. The molecule has 25 heavy (non-hydrogen) atoms. The van der Waals surface area contributed by atoms with Crippen molar-refractivity contribution in [2.75, 3.05) is 39.4 Å². The van der Waals surface area contributed by atoms with E-state index in [1.54, 1.807) is 12.1 Å². The number of ether oxygens (including phenoxy) is 1. The van der Waals surface area contributed by atoms with Crippen LogP contribution in [0.1, 0.15) is 30.9 Å². The first kappa shape index (κ1) is 18.3. The molecule has 0 radical (unpaired) electrons. The van der Waals surface area contributed by atoms with Crippen molar-refractivity contribution in [1.29, 1.82) is 0 Å². The van der Waals surface area contributed by atoms with Crippen LogP contribution in [0.15, 0.2) is 24.3 Å². The smallest absolute Gasteiger partial charge is 0.223 e. The fraction of sp³-hybridized carbons (Fsp3) is 0.632. The quantitative estimate of drug-likeness (QED) is 0.820. The summed E-state index contributed by atoms with van der Waals surface area (Å²) in [6.45, 7) is 3.94. The van der Waals surface area contributed by atoms with Gasteiger partial charge in [0.05, 0.1) is 19.3 Å². The van der Waals surface area contributed by atoms with E-state index in [2.05, 4.69) is 10.2 Å². The highest BCUT2D eigenvalue weighted by Gasteiger charge is 2.32. The molecule has 2 fully saturated rings. The highest BCUT2D eigenvalue weighted by molar-refractivity contribution is 5.79. The zero-order valence-corrected chi connectivity index (χ0v) is 14.6. The molecule has 2 aliphatic rings. The Bertz CT molecular complexity index is 578. The summed E-state index contributed by atoms with van der Waals surface area (Å²) in [6, 6.07) is 6.61. The molecular weight excluding hydrogens is 321 g/mol. The van der Waals surface area contributed by atoms with Crippen LogP contribution in [-0.4, -0.2) is 50.2 Å². The summed E-state index contributed by atoms with van der Waals surface area (Å²) in [5, 5.41) is 3.10. The van der Waals surface area contributed by atoms with E-state index in [1.165, 1.54) is 6.07 Å². The van der Waals surface area contributed by atoms with Crippen molar-refractivity contribution < 1.29 is 13.9 Å². The minimum atomic E-state index is -0.249. The van der Waals surface area contributed by atoms with Gasteiger partial charge in [-0.2, -0.15) is 0 Å². The Labute approximate surface area is 148 Å². The molecule has 1 aliphatic carbocycles. The van der Waals surface area contributed by atoms with Crippen LogP contribution in [0, 0.1) is 17.7 Å². The van der Waals surface area contributed by atoms with Crippen molar-refractivity contribution in [1.82, 2.24) is 10.2 Å². The molecule has 0 spiro atoms. The third kappa shape index (κ3) is 4.57. The minimum absolute atomic E-state index is 0.0165. The third-order valence-corrected chi connectivity index (χ3v) is 5.49. The van der Waals surface area contributed by atoms with Gasteiger partial charge in [0.2, 0.25) is 5.91 Å². The van der Waals surface area contributed by atoms with E-state index >= 15 is 0 Å². The number of halogens is 1. The molecular formula is C19H28FN3O2. The predicted molar refractivity (Wildman–Crippen MR) is 94.4 cm³/mol. The van der Waals surface area contributed by atoms with E-state index in [-0.39, 0.29) is 29.6 Å². The van der Waals surface area contributed by atoms with E-state index < -0.39 is 0 Å².